The van der Waals surface area contributed by atoms with E-state index in [0.29, 0.717) is 0 Å². The Hall–Kier alpha value is -2.03. The highest BCUT2D eigenvalue weighted by molar-refractivity contribution is 6.07. The number of amides is 1. The number of aromatic nitrogens is 1. The largest absolute Gasteiger partial charge is 0.271 e. The van der Waals surface area contributed by atoms with Gasteiger partial charge >= 0.3 is 0 Å². The first kappa shape index (κ1) is 7.38. The molecule has 0 spiro atoms. The van der Waals surface area contributed by atoms with Gasteiger partial charge in [-0.1, -0.05) is 18.2 Å². The SMILES string of the molecule is O=C1C=c2cnc3ccccc3c2=N1. The maximum atomic E-state index is 11.1. The summed E-state index contributed by atoms with van der Waals surface area (Å²) in [5.41, 5.74) is 0.873. The Balaban J connectivity index is 2.65. The molecule has 1 aromatic carbocycles. The summed E-state index contributed by atoms with van der Waals surface area (Å²) in [5.74, 6) is -0.196. The molecule has 0 saturated carbocycles. The summed E-state index contributed by atoms with van der Waals surface area (Å²) < 4.78 is 0. The van der Waals surface area contributed by atoms with Crippen molar-refractivity contribution in [1.29, 1.82) is 0 Å². The Morgan fingerprint density at radius 3 is 2.93 bits per heavy atom. The van der Waals surface area contributed by atoms with Crippen LogP contribution in [0.15, 0.2) is 35.5 Å². The van der Waals surface area contributed by atoms with Gasteiger partial charge in [0.2, 0.25) is 0 Å². The van der Waals surface area contributed by atoms with Gasteiger partial charge in [0, 0.05) is 22.9 Å². The summed E-state index contributed by atoms with van der Waals surface area (Å²) in [4.78, 5) is 19.3. The van der Waals surface area contributed by atoms with E-state index >= 15 is 0 Å². The van der Waals surface area contributed by atoms with Gasteiger partial charge in [-0.25, -0.2) is 4.99 Å². The second kappa shape index (κ2) is 2.48. The fraction of sp³-hybridized carbons (Fsp3) is 0. The van der Waals surface area contributed by atoms with Gasteiger partial charge in [0.05, 0.1) is 10.9 Å². The van der Waals surface area contributed by atoms with Gasteiger partial charge < -0.3 is 0 Å². The number of rotatable bonds is 0. The predicted octanol–water partition coefficient (Wildman–Crippen LogP) is 0.175. The lowest BCUT2D eigenvalue weighted by atomic mass is 10.2. The molecule has 0 saturated heterocycles. The second-order valence-corrected chi connectivity index (χ2v) is 3.17. The molecular weight excluding hydrogens is 176 g/mol. The van der Waals surface area contributed by atoms with Crippen molar-refractivity contribution in [3.8, 4) is 0 Å². The smallest absolute Gasteiger partial charge is 0.267 e. The summed E-state index contributed by atoms with van der Waals surface area (Å²) in [6.07, 6.45) is 3.20. The van der Waals surface area contributed by atoms with Crippen LogP contribution in [0.2, 0.25) is 0 Å². The van der Waals surface area contributed by atoms with Crippen LogP contribution >= 0.6 is 0 Å². The molecule has 1 aromatic heterocycles. The number of hydrogen-bond acceptors (Lipinski definition) is 2. The lowest BCUT2D eigenvalue weighted by Gasteiger charge is -1.93. The molecule has 0 aliphatic carbocycles. The third-order valence-corrected chi connectivity index (χ3v) is 2.28. The van der Waals surface area contributed by atoms with Gasteiger partial charge in [0.15, 0.2) is 0 Å². The van der Waals surface area contributed by atoms with Crippen molar-refractivity contribution in [1.82, 2.24) is 4.98 Å². The van der Waals surface area contributed by atoms with Crippen LogP contribution in [0, 0.1) is 0 Å². The lowest BCUT2D eigenvalue weighted by Crippen LogP contribution is -2.22. The fourth-order valence-corrected chi connectivity index (χ4v) is 1.65. The normalized spacial score (nSPS) is 13.6. The van der Waals surface area contributed by atoms with E-state index in [0.717, 1.165) is 21.5 Å². The van der Waals surface area contributed by atoms with Gasteiger partial charge in [-0.2, -0.15) is 0 Å². The molecule has 0 fully saturated rings. The van der Waals surface area contributed by atoms with Crippen molar-refractivity contribution in [2.75, 3.05) is 0 Å². The molecule has 3 rings (SSSR count). The van der Waals surface area contributed by atoms with Crippen LogP contribution in [0.25, 0.3) is 17.0 Å². The summed E-state index contributed by atoms with van der Waals surface area (Å²) >= 11 is 0. The van der Waals surface area contributed by atoms with E-state index in [4.69, 9.17) is 0 Å². The average Bonchev–Trinajstić information content (AvgIpc) is 2.59. The highest BCUT2D eigenvalue weighted by atomic mass is 16.1. The first-order valence-corrected chi connectivity index (χ1v) is 4.33. The van der Waals surface area contributed by atoms with E-state index < -0.39 is 0 Å². The van der Waals surface area contributed by atoms with Crippen molar-refractivity contribution < 1.29 is 4.79 Å². The van der Waals surface area contributed by atoms with E-state index in [2.05, 4.69) is 9.98 Å². The van der Waals surface area contributed by atoms with E-state index in [1.165, 1.54) is 6.08 Å². The zero-order chi connectivity index (χ0) is 9.54. The van der Waals surface area contributed by atoms with Crippen LogP contribution in [0.5, 0.6) is 0 Å². The molecule has 2 heterocycles. The molecule has 0 N–H and O–H groups in total. The third-order valence-electron chi connectivity index (χ3n) is 2.28. The Morgan fingerprint density at radius 2 is 2.00 bits per heavy atom. The number of carbonyl (C=O) groups excluding carboxylic acids is 1. The van der Waals surface area contributed by atoms with Gasteiger partial charge in [-0.15, -0.1) is 0 Å². The highest BCUT2D eigenvalue weighted by Crippen LogP contribution is 2.04. The van der Waals surface area contributed by atoms with Crippen molar-refractivity contribution in [2.24, 2.45) is 4.99 Å². The molecule has 66 valence electrons. The van der Waals surface area contributed by atoms with Gasteiger partial charge in [-0.3, -0.25) is 9.78 Å². The van der Waals surface area contributed by atoms with Crippen molar-refractivity contribution >= 4 is 22.9 Å². The molecule has 3 heteroatoms. The van der Waals surface area contributed by atoms with Gasteiger partial charge in [0.1, 0.15) is 0 Å². The monoisotopic (exact) mass is 182 g/mol. The highest BCUT2D eigenvalue weighted by Gasteiger charge is 2.06. The minimum Gasteiger partial charge on any atom is -0.267 e. The zero-order valence-corrected chi connectivity index (χ0v) is 7.27. The Morgan fingerprint density at radius 1 is 1.14 bits per heavy atom. The summed E-state index contributed by atoms with van der Waals surface area (Å²) in [6.45, 7) is 0. The number of carbonyl (C=O) groups is 1. The van der Waals surface area contributed by atoms with Crippen LogP contribution in [0.3, 0.4) is 0 Å². The van der Waals surface area contributed by atoms with Gasteiger partial charge in [0.25, 0.3) is 5.91 Å². The molecule has 0 bridgehead atoms. The number of benzene rings is 1. The minimum absolute atomic E-state index is 0.196. The van der Waals surface area contributed by atoms with Crippen LogP contribution in [-0.4, -0.2) is 10.9 Å². The number of pyridine rings is 1. The third kappa shape index (κ3) is 0.893. The van der Waals surface area contributed by atoms with E-state index in [1.807, 2.05) is 24.3 Å². The summed E-state index contributed by atoms with van der Waals surface area (Å²) in [7, 11) is 0. The van der Waals surface area contributed by atoms with Crippen LogP contribution in [-0.2, 0) is 4.79 Å². The Bertz CT molecular complexity index is 659. The minimum atomic E-state index is -0.196. The lowest BCUT2D eigenvalue weighted by molar-refractivity contribution is -0.112. The second-order valence-electron chi connectivity index (χ2n) is 3.17. The molecule has 3 nitrogen and oxygen atoms in total. The molecule has 0 atom stereocenters. The number of hydrogen-bond donors (Lipinski definition) is 0. The van der Waals surface area contributed by atoms with Crippen molar-refractivity contribution in [3.05, 3.63) is 41.0 Å². The molecule has 1 amide bonds. The summed E-state index contributed by atoms with van der Waals surface area (Å²) in [6, 6.07) is 7.68. The van der Waals surface area contributed by atoms with Crippen molar-refractivity contribution in [2.45, 2.75) is 0 Å². The topological polar surface area (TPSA) is 42.3 Å². The zero-order valence-electron chi connectivity index (χ0n) is 7.27. The number of fused-ring (bicyclic) bond motifs is 3. The first-order chi connectivity index (χ1) is 6.84. The van der Waals surface area contributed by atoms with Crippen molar-refractivity contribution in [3.63, 3.8) is 0 Å². The maximum absolute atomic E-state index is 11.1. The number of para-hydroxylation sites is 1. The molecular formula is C11H6N2O. The molecule has 0 unspecified atom stereocenters. The van der Waals surface area contributed by atoms with E-state index in [9.17, 15) is 4.79 Å². The molecule has 2 aromatic rings. The Labute approximate surface area is 79.4 Å². The fourth-order valence-electron chi connectivity index (χ4n) is 1.65. The Kier molecular flexibility index (Phi) is 1.31. The van der Waals surface area contributed by atoms with Crippen LogP contribution in [0.4, 0.5) is 0 Å². The van der Waals surface area contributed by atoms with Gasteiger partial charge in [-0.05, 0) is 6.07 Å². The van der Waals surface area contributed by atoms with E-state index in [-0.39, 0.29) is 5.91 Å². The molecule has 0 radical (unpaired) electrons. The predicted molar refractivity (Wildman–Crippen MR) is 52.0 cm³/mol. The molecule has 1 aliphatic heterocycles. The first-order valence-electron chi connectivity index (χ1n) is 4.33. The quantitative estimate of drug-likeness (QED) is 0.583. The average molecular weight is 182 g/mol. The number of nitrogens with zero attached hydrogens (tertiary/aromatic N) is 2. The summed E-state index contributed by atoms with van der Waals surface area (Å²) in [5, 5.41) is 2.50. The standard InChI is InChI=1S/C11H6N2O/c14-10-5-7-6-12-9-4-2-1-3-8(9)11(7)13-10/h1-6H. The molecule has 14 heavy (non-hydrogen) atoms. The maximum Gasteiger partial charge on any atom is 0.271 e. The molecule has 1 aliphatic rings. The van der Waals surface area contributed by atoms with Crippen LogP contribution in [0.1, 0.15) is 0 Å². The van der Waals surface area contributed by atoms with Crippen LogP contribution < -0.4 is 10.6 Å². The van der Waals surface area contributed by atoms with E-state index in [1.54, 1.807) is 6.20 Å².